The van der Waals surface area contributed by atoms with Crippen LogP contribution in [-0.4, -0.2) is 69.1 Å². The van der Waals surface area contributed by atoms with Gasteiger partial charge in [-0.05, 0) is 19.8 Å². The summed E-state index contributed by atoms with van der Waals surface area (Å²) < 4.78 is 0. The summed E-state index contributed by atoms with van der Waals surface area (Å²) in [7, 11) is 0. The fraction of sp³-hybridized carbons (Fsp3) is 0.846. The Balaban J connectivity index is 2.12. The summed E-state index contributed by atoms with van der Waals surface area (Å²) in [4.78, 5) is 27.4. The summed E-state index contributed by atoms with van der Waals surface area (Å²) in [5.41, 5.74) is 5.74. The van der Waals surface area contributed by atoms with E-state index in [9.17, 15) is 14.7 Å². The predicted octanol–water partition coefficient (Wildman–Crippen LogP) is -0.391. The third-order valence-electron chi connectivity index (χ3n) is 4.11. The lowest BCUT2D eigenvalue weighted by Crippen LogP contribution is -2.60. The van der Waals surface area contributed by atoms with Crippen LogP contribution in [0.4, 0.5) is 0 Å². The lowest BCUT2D eigenvalue weighted by molar-refractivity contribution is -0.141. The van der Waals surface area contributed by atoms with Crippen molar-refractivity contribution in [2.24, 2.45) is 5.73 Å². The van der Waals surface area contributed by atoms with Gasteiger partial charge in [-0.3, -0.25) is 9.59 Å². The van der Waals surface area contributed by atoms with E-state index in [0.29, 0.717) is 13.1 Å². The van der Waals surface area contributed by atoms with E-state index in [0.717, 1.165) is 25.1 Å². The highest BCUT2D eigenvalue weighted by atomic mass is 32.2. The van der Waals surface area contributed by atoms with Crippen LogP contribution in [0.5, 0.6) is 0 Å². The van der Waals surface area contributed by atoms with Crippen molar-refractivity contribution in [3.63, 3.8) is 0 Å². The molecule has 2 rings (SSSR count). The first-order valence-electron chi connectivity index (χ1n) is 7.02. The van der Waals surface area contributed by atoms with Crippen molar-refractivity contribution in [1.82, 2.24) is 9.80 Å². The van der Waals surface area contributed by atoms with Crippen LogP contribution in [0.15, 0.2) is 0 Å². The van der Waals surface area contributed by atoms with Crippen molar-refractivity contribution in [3.8, 4) is 0 Å². The summed E-state index contributed by atoms with van der Waals surface area (Å²) in [6.45, 7) is 5.00. The molecule has 2 saturated heterocycles. The molecule has 0 aromatic carbocycles. The number of hydrogen-bond acceptors (Lipinski definition) is 5. The van der Waals surface area contributed by atoms with Gasteiger partial charge in [0.1, 0.15) is 10.9 Å². The lowest BCUT2D eigenvalue weighted by Gasteiger charge is -2.45. The van der Waals surface area contributed by atoms with Crippen molar-refractivity contribution in [1.29, 1.82) is 0 Å². The molecule has 114 valence electrons. The van der Waals surface area contributed by atoms with Crippen LogP contribution >= 0.6 is 11.8 Å². The van der Waals surface area contributed by atoms with E-state index in [-0.39, 0.29) is 16.7 Å². The maximum atomic E-state index is 12.3. The summed E-state index contributed by atoms with van der Waals surface area (Å²) in [5, 5.41) is 9.48. The second-order valence-corrected chi connectivity index (χ2v) is 7.05. The molecular formula is C13H23N3O3S. The Hall–Kier alpha value is -0.790. The molecule has 7 heteroatoms. The van der Waals surface area contributed by atoms with Gasteiger partial charge in [-0.2, -0.15) is 0 Å². The highest BCUT2D eigenvalue weighted by Crippen LogP contribution is 2.42. The summed E-state index contributed by atoms with van der Waals surface area (Å²) in [6.07, 6.45) is 0.903. The fourth-order valence-electron chi connectivity index (χ4n) is 3.00. The molecule has 3 atom stereocenters. The number of rotatable bonds is 2. The number of piperidine rings is 1. The first kappa shape index (κ1) is 15.6. The Morgan fingerprint density at radius 2 is 2.10 bits per heavy atom. The molecule has 6 nitrogen and oxygen atoms in total. The van der Waals surface area contributed by atoms with Crippen LogP contribution < -0.4 is 5.73 Å². The van der Waals surface area contributed by atoms with Gasteiger partial charge in [-0.1, -0.05) is 0 Å². The van der Waals surface area contributed by atoms with Crippen LogP contribution in [0.1, 0.15) is 26.7 Å². The Morgan fingerprint density at radius 3 is 2.70 bits per heavy atom. The molecular weight excluding hydrogens is 278 g/mol. The van der Waals surface area contributed by atoms with Crippen molar-refractivity contribution in [3.05, 3.63) is 0 Å². The van der Waals surface area contributed by atoms with Gasteiger partial charge in [0.25, 0.3) is 0 Å². The molecule has 0 aliphatic carbocycles. The Kier molecular flexibility index (Phi) is 4.61. The molecule has 0 aromatic heterocycles. The monoisotopic (exact) mass is 301 g/mol. The van der Waals surface area contributed by atoms with Gasteiger partial charge in [-0.25, -0.2) is 0 Å². The topological polar surface area (TPSA) is 86.9 Å². The number of aliphatic hydroxyl groups is 1. The quantitative estimate of drug-likeness (QED) is 0.725. The third-order valence-corrected chi connectivity index (χ3v) is 5.59. The normalized spacial score (nSPS) is 29.6. The summed E-state index contributed by atoms with van der Waals surface area (Å²) in [6, 6.07) is -0.887. The van der Waals surface area contributed by atoms with Crippen LogP contribution in [0.2, 0.25) is 0 Å². The second kappa shape index (κ2) is 5.91. The van der Waals surface area contributed by atoms with Crippen molar-refractivity contribution < 1.29 is 14.7 Å². The van der Waals surface area contributed by atoms with E-state index in [4.69, 9.17) is 5.73 Å². The molecule has 2 aliphatic heterocycles. The molecule has 2 amide bonds. The molecule has 2 fully saturated rings. The van der Waals surface area contributed by atoms with Gasteiger partial charge in [-0.15, -0.1) is 11.8 Å². The van der Waals surface area contributed by atoms with E-state index in [2.05, 4.69) is 0 Å². The minimum Gasteiger partial charge on any atom is -0.391 e. The van der Waals surface area contributed by atoms with E-state index in [1.165, 1.54) is 6.92 Å². The van der Waals surface area contributed by atoms with Gasteiger partial charge in [0.05, 0.1) is 12.6 Å². The number of carbonyl (C=O) groups is 2. The predicted molar refractivity (Wildman–Crippen MR) is 78.0 cm³/mol. The highest BCUT2D eigenvalue weighted by molar-refractivity contribution is 8.00. The molecule has 20 heavy (non-hydrogen) atoms. The first-order valence-corrected chi connectivity index (χ1v) is 8.00. The molecule has 3 N–H and O–H groups in total. The Bertz CT molecular complexity index is 404. The van der Waals surface area contributed by atoms with Crippen molar-refractivity contribution >= 4 is 23.6 Å². The van der Waals surface area contributed by atoms with Gasteiger partial charge in [0.15, 0.2) is 0 Å². The molecule has 3 unspecified atom stereocenters. The van der Waals surface area contributed by atoms with Crippen LogP contribution in [0, 0.1) is 0 Å². The van der Waals surface area contributed by atoms with Gasteiger partial charge in [0.2, 0.25) is 11.8 Å². The summed E-state index contributed by atoms with van der Waals surface area (Å²) >= 11 is 1.75. The smallest absolute Gasteiger partial charge is 0.242 e. The largest absolute Gasteiger partial charge is 0.391 e. The van der Waals surface area contributed by atoms with Gasteiger partial charge >= 0.3 is 0 Å². The maximum Gasteiger partial charge on any atom is 0.242 e. The van der Waals surface area contributed by atoms with Crippen molar-refractivity contribution in [2.45, 2.75) is 43.7 Å². The van der Waals surface area contributed by atoms with E-state index >= 15 is 0 Å². The van der Waals surface area contributed by atoms with Crippen LogP contribution in [0.3, 0.4) is 0 Å². The standard InChI is InChI=1S/C13H23N3O3S/c1-9(17)11(14)12(19)15-5-3-4-13(8-15)16(10(2)18)6-7-20-13/h9,11,17H,3-8,14H2,1-2H3. The second-order valence-electron chi connectivity index (χ2n) is 5.60. The molecule has 0 bridgehead atoms. The van der Waals surface area contributed by atoms with E-state index in [1.807, 2.05) is 4.90 Å². The van der Waals surface area contributed by atoms with Crippen LogP contribution in [-0.2, 0) is 9.59 Å². The zero-order valence-electron chi connectivity index (χ0n) is 12.0. The number of nitrogens with two attached hydrogens (primary N) is 1. The number of aliphatic hydroxyl groups excluding tert-OH is 1. The van der Waals surface area contributed by atoms with Crippen molar-refractivity contribution in [2.75, 3.05) is 25.4 Å². The number of amides is 2. The Labute approximate surface area is 123 Å². The lowest BCUT2D eigenvalue weighted by atomic mass is 10.0. The molecule has 0 aromatic rings. The molecule has 0 radical (unpaired) electrons. The maximum absolute atomic E-state index is 12.3. The minimum atomic E-state index is -0.887. The van der Waals surface area contributed by atoms with Gasteiger partial charge in [0, 0.05) is 25.8 Å². The van der Waals surface area contributed by atoms with E-state index in [1.54, 1.807) is 23.6 Å². The zero-order chi connectivity index (χ0) is 14.9. The first-order chi connectivity index (χ1) is 9.37. The molecule has 1 spiro atoms. The molecule has 2 heterocycles. The number of hydrogen-bond donors (Lipinski definition) is 2. The fourth-order valence-corrected chi connectivity index (χ4v) is 4.56. The third kappa shape index (κ3) is 2.80. The number of carbonyl (C=O) groups excluding carboxylic acids is 2. The molecule has 0 saturated carbocycles. The SMILES string of the molecule is CC(=O)N1CCSC12CCCN(C(=O)C(N)C(C)O)C2. The number of nitrogens with zero attached hydrogens (tertiary/aromatic N) is 2. The highest BCUT2D eigenvalue weighted by Gasteiger charge is 2.47. The Morgan fingerprint density at radius 1 is 1.40 bits per heavy atom. The zero-order valence-corrected chi connectivity index (χ0v) is 12.9. The minimum absolute atomic E-state index is 0.0594. The average molecular weight is 301 g/mol. The number of likely N-dealkylation sites (tertiary alicyclic amines) is 1. The van der Waals surface area contributed by atoms with Gasteiger partial charge < -0.3 is 20.6 Å². The number of thioether (sulfide) groups is 1. The van der Waals surface area contributed by atoms with E-state index < -0.39 is 12.1 Å². The molecule has 2 aliphatic rings. The average Bonchev–Trinajstić information content (AvgIpc) is 2.80. The summed E-state index contributed by atoms with van der Waals surface area (Å²) in [5.74, 6) is 0.739. The van der Waals surface area contributed by atoms with Crippen LogP contribution in [0.25, 0.3) is 0 Å².